The normalized spacial score (nSPS) is 11.5. The molecule has 0 saturated carbocycles. The van der Waals surface area contributed by atoms with Crippen molar-refractivity contribution in [2.75, 3.05) is 12.3 Å². The van der Waals surface area contributed by atoms with Crippen LogP contribution in [0.1, 0.15) is 11.1 Å². The van der Waals surface area contributed by atoms with Crippen LogP contribution in [0.25, 0.3) is 16.6 Å². The van der Waals surface area contributed by atoms with Crippen LogP contribution in [0.15, 0.2) is 87.6 Å². The van der Waals surface area contributed by atoms with E-state index in [1.165, 1.54) is 23.9 Å². The summed E-state index contributed by atoms with van der Waals surface area (Å²) in [6.45, 7) is 2.33. The molecule has 1 heterocycles. The highest BCUT2D eigenvalue weighted by molar-refractivity contribution is 7.99. The molecule has 0 unspecified atom stereocenters. The van der Waals surface area contributed by atoms with Crippen molar-refractivity contribution in [3.8, 4) is 5.69 Å². The van der Waals surface area contributed by atoms with Crippen molar-refractivity contribution in [1.82, 2.24) is 14.9 Å². The molecule has 1 amide bonds. The smallest absolute Gasteiger partial charge is 0.266 e. The molecule has 0 aliphatic carbocycles. The summed E-state index contributed by atoms with van der Waals surface area (Å²) in [5.74, 6) is -0.115. The Hall–Kier alpha value is -3.47. The van der Waals surface area contributed by atoms with Crippen LogP contribution in [-0.4, -0.2) is 36.2 Å². The minimum absolute atomic E-state index is 0.0456. The van der Waals surface area contributed by atoms with Crippen molar-refractivity contribution in [3.63, 3.8) is 0 Å². The van der Waals surface area contributed by atoms with Crippen LogP contribution in [0.3, 0.4) is 0 Å². The highest BCUT2D eigenvalue weighted by atomic mass is 32.2. The molecule has 0 saturated heterocycles. The first-order valence-corrected chi connectivity index (χ1v) is 13.4. The van der Waals surface area contributed by atoms with Gasteiger partial charge in [0, 0.05) is 6.54 Å². The minimum Gasteiger partial charge on any atom is -0.355 e. The molecule has 4 rings (SSSR count). The zero-order valence-electron chi connectivity index (χ0n) is 19.0. The largest absolute Gasteiger partial charge is 0.355 e. The molecule has 10 heteroatoms. The molecule has 3 aromatic carbocycles. The monoisotopic (exact) mass is 508 g/mol. The minimum atomic E-state index is -3.73. The average Bonchev–Trinajstić information content (AvgIpc) is 2.82. The maximum Gasteiger partial charge on any atom is 0.266 e. The van der Waals surface area contributed by atoms with E-state index in [1.54, 1.807) is 34.9 Å². The summed E-state index contributed by atoms with van der Waals surface area (Å²) in [5, 5.41) is 8.91. The van der Waals surface area contributed by atoms with Crippen molar-refractivity contribution in [2.45, 2.75) is 23.4 Å². The van der Waals surface area contributed by atoms with Crippen LogP contribution in [0.5, 0.6) is 0 Å². The van der Waals surface area contributed by atoms with E-state index >= 15 is 0 Å². The number of aryl methyl sites for hydroxylation is 1. The molecule has 0 aliphatic heterocycles. The topological polar surface area (TPSA) is 124 Å². The van der Waals surface area contributed by atoms with E-state index in [1.807, 2.05) is 37.3 Å². The predicted molar refractivity (Wildman–Crippen MR) is 137 cm³/mol. The van der Waals surface area contributed by atoms with Gasteiger partial charge in [-0.05, 0) is 60.9 Å². The summed E-state index contributed by atoms with van der Waals surface area (Å²) in [7, 11) is -3.73. The average molecular weight is 509 g/mol. The van der Waals surface area contributed by atoms with Gasteiger partial charge in [0.05, 0.1) is 27.2 Å². The number of carbonyl (C=O) groups is 1. The summed E-state index contributed by atoms with van der Waals surface area (Å²) in [6, 6.07) is 20.9. The maximum atomic E-state index is 13.3. The van der Waals surface area contributed by atoms with Crippen molar-refractivity contribution in [3.05, 3.63) is 94.3 Å². The Bertz CT molecular complexity index is 1550. The molecular weight excluding hydrogens is 484 g/mol. The standard InChI is InChI=1S/C25H24N4O4S2/c1-17-5-4-6-19(15-17)29-24(31)21-7-2-3-8-22(21)28-25(29)34-16-23(30)27-14-13-18-9-11-20(12-10-18)35(26,32)33/h2-12,15H,13-14,16H2,1H3,(H,27,30)(H2,26,32,33). The molecule has 35 heavy (non-hydrogen) atoms. The first-order chi connectivity index (χ1) is 16.7. The second-order valence-corrected chi connectivity index (χ2v) is 10.5. The fraction of sp³-hybridized carbons (Fsp3) is 0.160. The van der Waals surface area contributed by atoms with Crippen LogP contribution < -0.4 is 16.0 Å². The van der Waals surface area contributed by atoms with Crippen molar-refractivity contribution in [2.24, 2.45) is 5.14 Å². The number of aromatic nitrogens is 2. The first kappa shape index (κ1) is 24.6. The van der Waals surface area contributed by atoms with Gasteiger partial charge >= 0.3 is 0 Å². The Morgan fingerprint density at radius 3 is 2.51 bits per heavy atom. The number of hydrogen-bond acceptors (Lipinski definition) is 6. The highest BCUT2D eigenvalue weighted by Gasteiger charge is 2.15. The van der Waals surface area contributed by atoms with Gasteiger partial charge in [-0.2, -0.15) is 0 Å². The predicted octanol–water partition coefficient (Wildman–Crippen LogP) is 2.79. The highest BCUT2D eigenvalue weighted by Crippen LogP contribution is 2.21. The van der Waals surface area contributed by atoms with Crippen molar-refractivity contribution < 1.29 is 13.2 Å². The van der Waals surface area contributed by atoms with Crippen molar-refractivity contribution >= 4 is 38.6 Å². The number of rotatable bonds is 8. The number of thioether (sulfide) groups is 1. The lowest BCUT2D eigenvalue weighted by atomic mass is 10.1. The van der Waals surface area contributed by atoms with E-state index < -0.39 is 10.0 Å². The van der Waals surface area contributed by atoms with Gasteiger partial charge in [-0.25, -0.2) is 18.5 Å². The number of nitrogens with zero attached hydrogens (tertiary/aromatic N) is 2. The molecule has 180 valence electrons. The van der Waals surface area contributed by atoms with Crippen LogP contribution in [0, 0.1) is 6.92 Å². The lowest BCUT2D eigenvalue weighted by molar-refractivity contribution is -0.118. The fourth-order valence-electron chi connectivity index (χ4n) is 3.58. The maximum absolute atomic E-state index is 13.3. The molecule has 3 N–H and O–H groups in total. The Morgan fingerprint density at radius 1 is 1.06 bits per heavy atom. The van der Waals surface area contributed by atoms with Gasteiger partial charge in [0.15, 0.2) is 5.16 Å². The quantitative estimate of drug-likeness (QED) is 0.279. The number of fused-ring (bicyclic) bond motifs is 1. The molecule has 1 aromatic heterocycles. The zero-order chi connectivity index (χ0) is 25.0. The molecule has 8 nitrogen and oxygen atoms in total. The molecule has 0 fully saturated rings. The van der Waals surface area contributed by atoms with Gasteiger partial charge in [-0.1, -0.05) is 48.2 Å². The summed E-state index contributed by atoms with van der Waals surface area (Å²) < 4.78 is 24.2. The van der Waals surface area contributed by atoms with Gasteiger partial charge in [0.2, 0.25) is 15.9 Å². The molecule has 0 bridgehead atoms. The Balaban J connectivity index is 1.46. The zero-order valence-corrected chi connectivity index (χ0v) is 20.6. The van der Waals surface area contributed by atoms with E-state index in [9.17, 15) is 18.0 Å². The van der Waals surface area contributed by atoms with Crippen molar-refractivity contribution in [1.29, 1.82) is 0 Å². The van der Waals surface area contributed by atoms with Gasteiger partial charge in [-0.3, -0.25) is 14.2 Å². The first-order valence-electron chi connectivity index (χ1n) is 10.8. The number of amides is 1. The van der Waals surface area contributed by atoms with Gasteiger partial charge < -0.3 is 5.32 Å². The molecule has 0 radical (unpaired) electrons. The summed E-state index contributed by atoms with van der Waals surface area (Å²) in [5.41, 5.74) is 2.96. The Labute approximate surface area is 207 Å². The summed E-state index contributed by atoms with van der Waals surface area (Å²) >= 11 is 1.20. The van der Waals surface area contributed by atoms with E-state index in [2.05, 4.69) is 10.3 Å². The van der Waals surface area contributed by atoms with Gasteiger partial charge in [0.1, 0.15) is 0 Å². The van der Waals surface area contributed by atoms with Gasteiger partial charge in [-0.15, -0.1) is 0 Å². The summed E-state index contributed by atoms with van der Waals surface area (Å²) in [6.07, 6.45) is 0.531. The van der Waals surface area contributed by atoms with Crippen LogP contribution >= 0.6 is 11.8 Å². The van der Waals surface area contributed by atoms with Crippen LogP contribution in [0.4, 0.5) is 0 Å². The third-order valence-corrected chi connectivity index (χ3v) is 7.19. The third kappa shape index (κ3) is 5.97. The number of carbonyl (C=O) groups excluding carboxylic acids is 1. The number of para-hydroxylation sites is 1. The molecular formula is C25H24N4O4S2. The van der Waals surface area contributed by atoms with E-state index in [0.717, 1.165) is 11.1 Å². The molecule has 0 spiro atoms. The second kappa shape index (κ2) is 10.4. The number of nitrogens with two attached hydrogens (primary N) is 1. The lowest BCUT2D eigenvalue weighted by Gasteiger charge is -2.14. The molecule has 0 aliphatic rings. The Morgan fingerprint density at radius 2 is 1.80 bits per heavy atom. The lowest BCUT2D eigenvalue weighted by Crippen LogP contribution is -2.28. The van der Waals surface area contributed by atoms with Crippen LogP contribution in [-0.2, 0) is 21.2 Å². The fourth-order valence-corrected chi connectivity index (χ4v) is 4.94. The van der Waals surface area contributed by atoms with Crippen LogP contribution in [0.2, 0.25) is 0 Å². The molecule has 0 atom stereocenters. The Kier molecular flexibility index (Phi) is 7.34. The number of primary sulfonamides is 1. The number of hydrogen-bond donors (Lipinski definition) is 2. The SMILES string of the molecule is Cc1cccc(-n2c(SCC(=O)NCCc3ccc(S(N)(=O)=O)cc3)nc3ccccc3c2=O)c1. The van der Waals surface area contributed by atoms with E-state index in [0.29, 0.717) is 34.7 Å². The second-order valence-electron chi connectivity index (χ2n) is 7.97. The number of benzene rings is 3. The van der Waals surface area contributed by atoms with Gasteiger partial charge in [0.25, 0.3) is 5.56 Å². The van der Waals surface area contributed by atoms with E-state index in [4.69, 9.17) is 5.14 Å². The number of nitrogens with one attached hydrogen (secondary N) is 1. The third-order valence-electron chi connectivity index (χ3n) is 5.32. The number of sulfonamides is 1. The van der Waals surface area contributed by atoms with E-state index in [-0.39, 0.29) is 22.1 Å². The molecule has 4 aromatic rings. The summed E-state index contributed by atoms with van der Waals surface area (Å²) in [4.78, 5) is 30.5.